The van der Waals surface area contributed by atoms with E-state index in [0.717, 1.165) is 53.1 Å². The van der Waals surface area contributed by atoms with Crippen LogP contribution in [0, 0.1) is 18.6 Å². The summed E-state index contributed by atoms with van der Waals surface area (Å²) in [5.41, 5.74) is 4.90. The van der Waals surface area contributed by atoms with Gasteiger partial charge in [0.1, 0.15) is 17.3 Å². The lowest BCUT2D eigenvalue weighted by molar-refractivity contribution is 0.180. The van der Waals surface area contributed by atoms with Gasteiger partial charge in [-0.3, -0.25) is 14.9 Å². The number of amidine groups is 1. The van der Waals surface area contributed by atoms with Crippen molar-refractivity contribution in [3.8, 4) is 11.1 Å². The Bertz CT molecular complexity index is 1500. The van der Waals surface area contributed by atoms with Gasteiger partial charge in [-0.1, -0.05) is 38.5 Å². The maximum atomic E-state index is 16.7. The van der Waals surface area contributed by atoms with Crippen molar-refractivity contribution in [1.82, 2.24) is 9.80 Å². The lowest BCUT2D eigenvalue weighted by atomic mass is 9.87. The Morgan fingerprint density at radius 2 is 1.81 bits per heavy atom. The number of benzene rings is 3. The monoisotopic (exact) mass is 572 g/mol. The van der Waals surface area contributed by atoms with Crippen molar-refractivity contribution in [2.24, 2.45) is 9.98 Å². The highest BCUT2D eigenvalue weighted by Gasteiger charge is 2.43. The van der Waals surface area contributed by atoms with Crippen molar-refractivity contribution in [2.75, 3.05) is 33.7 Å². The first-order valence-electron chi connectivity index (χ1n) is 15.8. The first-order chi connectivity index (χ1) is 20.2. The predicted octanol–water partition coefficient (Wildman–Crippen LogP) is 8.66. The maximum absolute atomic E-state index is 16.7. The van der Waals surface area contributed by atoms with E-state index >= 15 is 8.78 Å². The molecule has 6 heteroatoms. The Kier molecular flexibility index (Phi) is 9.12. The average molecular weight is 573 g/mol. The number of halogens is 2. The van der Waals surface area contributed by atoms with Gasteiger partial charge in [-0.25, -0.2) is 8.78 Å². The topological polar surface area (TPSA) is 31.2 Å². The molecule has 0 spiro atoms. The Hall–Kier alpha value is -3.12. The molecule has 2 aliphatic heterocycles. The van der Waals surface area contributed by atoms with Gasteiger partial charge in [0.2, 0.25) is 0 Å². The number of fused-ring (bicyclic) bond motifs is 2. The predicted molar refractivity (Wildman–Crippen MR) is 174 cm³/mol. The summed E-state index contributed by atoms with van der Waals surface area (Å²) in [6, 6.07) is 9.48. The van der Waals surface area contributed by atoms with E-state index in [2.05, 4.69) is 29.6 Å². The smallest absolute Gasteiger partial charge is 0.157 e. The quantitative estimate of drug-likeness (QED) is 0.138. The van der Waals surface area contributed by atoms with Gasteiger partial charge in [-0.05, 0) is 123 Å². The molecule has 0 saturated carbocycles. The van der Waals surface area contributed by atoms with E-state index in [-0.39, 0.29) is 11.5 Å². The molecule has 4 nitrogen and oxygen atoms in total. The van der Waals surface area contributed by atoms with E-state index in [1.807, 2.05) is 51.0 Å². The van der Waals surface area contributed by atoms with E-state index < -0.39 is 5.82 Å². The first kappa shape index (κ1) is 30.3. The normalized spacial score (nSPS) is 16.8. The standard InChI is InChI=1S/C36H46F2N4/c1-7-12-25-22-26-13-14-30(37)27(8-2)32(26)28(23-25)31-24(3)21-29(34(39-4)33(31)38)35(41(5)6)40-18-9-15-36-16-10-19-42(36)20-11-17-36/h13-14,21-23H,4,7-12,15-20H2,1-3,5-6H3. The van der Waals surface area contributed by atoms with E-state index in [1.165, 1.54) is 44.8 Å². The van der Waals surface area contributed by atoms with Gasteiger partial charge in [0.25, 0.3) is 0 Å². The lowest BCUT2D eigenvalue weighted by Gasteiger charge is -2.32. The highest BCUT2D eigenvalue weighted by atomic mass is 19.1. The van der Waals surface area contributed by atoms with E-state index in [0.29, 0.717) is 41.0 Å². The van der Waals surface area contributed by atoms with Gasteiger partial charge >= 0.3 is 0 Å². The second-order valence-electron chi connectivity index (χ2n) is 12.4. The van der Waals surface area contributed by atoms with Crippen molar-refractivity contribution >= 4 is 29.0 Å². The summed E-state index contributed by atoms with van der Waals surface area (Å²) in [6.45, 7) is 12.9. The van der Waals surface area contributed by atoms with Crippen molar-refractivity contribution < 1.29 is 8.78 Å². The molecule has 42 heavy (non-hydrogen) atoms. The summed E-state index contributed by atoms with van der Waals surface area (Å²) in [4.78, 5) is 13.9. The average Bonchev–Trinajstić information content (AvgIpc) is 3.53. The number of aliphatic imine (C=N–C) groups is 2. The highest BCUT2D eigenvalue weighted by molar-refractivity contribution is 6.06. The third-order valence-corrected chi connectivity index (χ3v) is 9.52. The van der Waals surface area contributed by atoms with Crippen LogP contribution < -0.4 is 0 Å². The van der Waals surface area contributed by atoms with Crippen LogP contribution in [0.15, 0.2) is 40.3 Å². The number of aryl methyl sites for hydroxylation is 3. The zero-order chi connectivity index (χ0) is 30.0. The Morgan fingerprint density at radius 3 is 2.45 bits per heavy atom. The largest absolute Gasteiger partial charge is 0.362 e. The van der Waals surface area contributed by atoms with Crippen LogP contribution >= 0.6 is 0 Å². The molecule has 3 aromatic carbocycles. The number of nitrogens with zero attached hydrogens (tertiary/aromatic N) is 4. The van der Waals surface area contributed by atoms with Crippen LogP contribution in [0.5, 0.6) is 0 Å². The molecule has 0 atom stereocenters. The molecule has 0 unspecified atom stereocenters. The second-order valence-corrected chi connectivity index (χ2v) is 12.4. The van der Waals surface area contributed by atoms with Crippen molar-refractivity contribution in [3.05, 3.63) is 64.2 Å². The lowest BCUT2D eigenvalue weighted by Crippen LogP contribution is -2.38. The third-order valence-electron chi connectivity index (χ3n) is 9.52. The van der Waals surface area contributed by atoms with E-state index in [9.17, 15) is 0 Å². The number of hydrogen-bond acceptors (Lipinski definition) is 3. The molecule has 2 heterocycles. The van der Waals surface area contributed by atoms with Crippen LogP contribution in [-0.2, 0) is 12.8 Å². The van der Waals surface area contributed by atoms with Gasteiger partial charge in [0, 0.05) is 37.3 Å². The Balaban J connectivity index is 1.57. The van der Waals surface area contributed by atoms with Gasteiger partial charge < -0.3 is 4.90 Å². The molecule has 3 aromatic rings. The summed E-state index contributed by atoms with van der Waals surface area (Å²) in [6.07, 6.45) is 9.71. The molecule has 224 valence electrons. The van der Waals surface area contributed by atoms with E-state index in [1.54, 1.807) is 0 Å². The molecule has 2 fully saturated rings. The van der Waals surface area contributed by atoms with Crippen LogP contribution in [0.1, 0.15) is 81.0 Å². The molecule has 2 aliphatic rings. The van der Waals surface area contributed by atoms with Crippen molar-refractivity contribution in [2.45, 2.75) is 84.1 Å². The van der Waals surface area contributed by atoms with Crippen LogP contribution in [0.2, 0.25) is 0 Å². The number of hydrogen-bond donors (Lipinski definition) is 0. The molecule has 0 aromatic heterocycles. The summed E-state index contributed by atoms with van der Waals surface area (Å²) in [7, 11) is 3.89. The molecule has 0 amide bonds. The van der Waals surface area contributed by atoms with Crippen LogP contribution in [0.3, 0.4) is 0 Å². The fraction of sp³-hybridized carbons (Fsp3) is 0.500. The number of rotatable bonds is 10. The Morgan fingerprint density at radius 1 is 1.07 bits per heavy atom. The molecule has 0 aliphatic carbocycles. The van der Waals surface area contributed by atoms with Crippen LogP contribution in [0.25, 0.3) is 21.9 Å². The van der Waals surface area contributed by atoms with Crippen molar-refractivity contribution in [3.63, 3.8) is 0 Å². The molecular formula is C36H46F2N4. The van der Waals surface area contributed by atoms with Crippen LogP contribution in [-0.4, -0.2) is 61.6 Å². The third kappa shape index (κ3) is 5.50. The summed E-state index contributed by atoms with van der Waals surface area (Å²) >= 11 is 0. The molecule has 2 saturated heterocycles. The maximum Gasteiger partial charge on any atom is 0.157 e. The van der Waals surface area contributed by atoms with Gasteiger partial charge in [-0.15, -0.1) is 0 Å². The summed E-state index contributed by atoms with van der Waals surface area (Å²) < 4.78 is 31.8. The van der Waals surface area contributed by atoms with Crippen molar-refractivity contribution in [1.29, 1.82) is 0 Å². The minimum absolute atomic E-state index is 0.197. The van der Waals surface area contributed by atoms with Gasteiger partial charge in [-0.2, -0.15) is 0 Å². The fourth-order valence-electron chi connectivity index (χ4n) is 7.67. The van der Waals surface area contributed by atoms with Crippen LogP contribution in [0.4, 0.5) is 14.5 Å². The second kappa shape index (κ2) is 12.6. The zero-order valence-electron chi connectivity index (χ0n) is 26.1. The van der Waals surface area contributed by atoms with E-state index in [4.69, 9.17) is 4.99 Å². The van der Waals surface area contributed by atoms with Gasteiger partial charge in [0.05, 0.1) is 0 Å². The first-order valence-corrected chi connectivity index (χ1v) is 15.8. The minimum Gasteiger partial charge on any atom is -0.362 e. The fourth-order valence-corrected chi connectivity index (χ4v) is 7.67. The molecule has 0 N–H and O–H groups in total. The molecule has 0 radical (unpaired) electrons. The molecule has 0 bridgehead atoms. The van der Waals surface area contributed by atoms with Gasteiger partial charge in [0.15, 0.2) is 5.82 Å². The zero-order valence-corrected chi connectivity index (χ0v) is 26.1. The Labute approximate surface area is 250 Å². The SMILES string of the molecule is C=Nc1c(C(=NCCCC23CCCN2CCC3)N(C)C)cc(C)c(-c2cc(CCC)cc3ccc(F)c(CC)c23)c1F. The molecular weight excluding hydrogens is 526 g/mol. The summed E-state index contributed by atoms with van der Waals surface area (Å²) in [5.74, 6) is 0.0245. The molecule has 5 rings (SSSR count). The minimum atomic E-state index is -0.428. The summed E-state index contributed by atoms with van der Waals surface area (Å²) in [5, 5.41) is 1.71. The highest BCUT2D eigenvalue weighted by Crippen LogP contribution is 2.43.